The van der Waals surface area contributed by atoms with Gasteiger partial charge in [-0.25, -0.2) is 0 Å². The predicted octanol–water partition coefficient (Wildman–Crippen LogP) is 6.17. The zero-order chi connectivity index (χ0) is 27.7. The first-order valence-corrected chi connectivity index (χ1v) is 13.7. The van der Waals surface area contributed by atoms with Crippen LogP contribution in [0.2, 0.25) is 10.0 Å². The highest BCUT2D eigenvalue weighted by Gasteiger charge is 2.79. The normalized spacial score (nSPS) is 20.0. The number of rotatable bonds is 2. The largest absolute Gasteiger partial charge is 0.673 e. The molecule has 0 aliphatic carbocycles. The summed E-state index contributed by atoms with van der Waals surface area (Å²) in [6, 6.07) is 30.5. The molecule has 200 valence electrons. The fourth-order valence-corrected chi connectivity index (χ4v) is 5.30. The smallest absolute Gasteiger partial charge is 0.638 e. The fraction of sp³-hybridized carbons (Fsp3) is 0.0667. The van der Waals surface area contributed by atoms with Crippen molar-refractivity contribution < 1.29 is 27.6 Å². The van der Waals surface area contributed by atoms with Crippen molar-refractivity contribution in [3.05, 3.63) is 143 Å². The van der Waals surface area contributed by atoms with Gasteiger partial charge in [0, 0.05) is 0 Å². The van der Waals surface area contributed by atoms with Gasteiger partial charge in [-0.2, -0.15) is 0 Å². The van der Waals surface area contributed by atoms with Crippen molar-refractivity contribution in [3.8, 4) is 23.0 Å². The van der Waals surface area contributed by atoms with Crippen molar-refractivity contribution in [2.75, 3.05) is 0 Å². The second-order valence-corrected chi connectivity index (χ2v) is 10.7. The lowest BCUT2D eigenvalue weighted by molar-refractivity contribution is -0.602. The third-order valence-electron chi connectivity index (χ3n) is 7.11. The van der Waals surface area contributed by atoms with Gasteiger partial charge in [0.2, 0.25) is 0 Å². The molecule has 5 aromatic rings. The maximum absolute atomic E-state index is 6.75. The first-order valence-electron chi connectivity index (χ1n) is 13.0. The van der Waals surface area contributed by atoms with E-state index >= 15 is 0 Å². The van der Waals surface area contributed by atoms with Crippen LogP contribution in [0.4, 0.5) is 0 Å². The molecule has 0 saturated heterocycles. The van der Waals surface area contributed by atoms with Gasteiger partial charge < -0.3 is 27.6 Å². The molecule has 6 nitrogen and oxygen atoms in total. The van der Waals surface area contributed by atoms with E-state index < -0.39 is 13.2 Å². The quantitative estimate of drug-likeness (QED) is 0.238. The van der Waals surface area contributed by atoms with E-state index in [0.717, 1.165) is 11.1 Å². The second-order valence-electron chi connectivity index (χ2n) is 9.88. The molecule has 0 radical (unpaired) electrons. The van der Waals surface area contributed by atoms with Crippen molar-refractivity contribution in [2.24, 2.45) is 0 Å². The molecular formula is C30H26B2Cl2N2O4. The van der Waals surface area contributed by atoms with E-state index in [2.05, 4.69) is 0 Å². The number of hydrogen-bond donors (Lipinski definition) is 0. The highest BCUT2D eigenvalue weighted by Crippen LogP contribution is 2.44. The van der Waals surface area contributed by atoms with Crippen LogP contribution in [-0.4, -0.2) is 13.2 Å². The Bertz CT molecular complexity index is 1500. The van der Waals surface area contributed by atoms with Crippen LogP contribution < -0.4 is 27.6 Å². The van der Waals surface area contributed by atoms with Gasteiger partial charge in [0.15, 0.2) is 0 Å². The number of halogens is 2. The fourth-order valence-electron chi connectivity index (χ4n) is 5.03. The lowest BCUT2D eigenvalue weighted by Gasteiger charge is -2.54. The van der Waals surface area contributed by atoms with Crippen molar-refractivity contribution in [1.29, 1.82) is 0 Å². The molecule has 0 amide bonds. The van der Waals surface area contributed by atoms with Gasteiger partial charge >= 0.3 is 13.2 Å². The number of aromatic nitrogens is 2. The summed E-state index contributed by atoms with van der Waals surface area (Å²) in [6.45, 7) is -0.679. The zero-order valence-corrected chi connectivity index (χ0v) is 23.5. The van der Waals surface area contributed by atoms with Crippen LogP contribution in [0.15, 0.2) is 122 Å². The SMILES string of the molecule is Cc1cc[n+]([B-]23Oc4ccccc4O[B-]2([n+]2ccc(C)cc2)Oc2ccccc2O3)cc1.Clc1ccccc1Cl. The van der Waals surface area contributed by atoms with Crippen LogP contribution in [0.1, 0.15) is 11.1 Å². The molecule has 0 spiro atoms. The molecule has 40 heavy (non-hydrogen) atoms. The Morgan fingerprint density at radius 3 is 1.00 bits per heavy atom. The predicted molar refractivity (Wildman–Crippen MR) is 157 cm³/mol. The summed E-state index contributed by atoms with van der Waals surface area (Å²) in [5.74, 6) is 2.42. The van der Waals surface area contributed by atoms with Gasteiger partial charge in [0.05, 0.1) is 10.0 Å². The van der Waals surface area contributed by atoms with E-state index in [4.69, 9.17) is 41.8 Å². The van der Waals surface area contributed by atoms with Crippen LogP contribution in [0.5, 0.6) is 23.0 Å². The zero-order valence-electron chi connectivity index (χ0n) is 22.0. The first kappa shape index (κ1) is 26.1. The number of para-hydroxylation sites is 4. The van der Waals surface area contributed by atoms with Gasteiger partial charge in [0.25, 0.3) is 0 Å². The van der Waals surface area contributed by atoms with E-state index in [0.29, 0.717) is 33.0 Å². The summed E-state index contributed by atoms with van der Waals surface area (Å²) in [6.07, 6.45) is 7.81. The molecule has 0 atom stereocenters. The number of aryl methyl sites for hydroxylation is 2. The topological polar surface area (TPSA) is 44.7 Å². The average molecular weight is 571 g/mol. The van der Waals surface area contributed by atoms with Crippen molar-refractivity contribution in [2.45, 2.75) is 13.8 Å². The molecule has 0 fully saturated rings. The van der Waals surface area contributed by atoms with Crippen LogP contribution in [0.3, 0.4) is 0 Å². The van der Waals surface area contributed by atoms with Crippen LogP contribution in [-0.2, 0) is 0 Å². The summed E-state index contributed by atoms with van der Waals surface area (Å²) in [4.78, 5) is 0. The Morgan fingerprint density at radius 2 is 0.725 bits per heavy atom. The molecule has 7 rings (SSSR count). The highest BCUT2D eigenvalue weighted by molar-refractivity contribution is 7.26. The maximum atomic E-state index is 6.75. The van der Waals surface area contributed by atoms with E-state index in [1.165, 1.54) is 0 Å². The summed E-state index contributed by atoms with van der Waals surface area (Å²) in [7, 11) is 0. The molecule has 0 saturated carbocycles. The Kier molecular flexibility index (Phi) is 6.82. The molecule has 3 aromatic carbocycles. The third kappa shape index (κ3) is 4.53. The third-order valence-corrected chi connectivity index (χ3v) is 7.86. The monoisotopic (exact) mass is 570 g/mol. The Hall–Kier alpha value is -4.13. The lowest BCUT2D eigenvalue weighted by atomic mass is 9.25. The molecule has 10 heteroatoms. The Balaban J connectivity index is 0.000000313. The Labute approximate surface area is 243 Å². The maximum Gasteiger partial charge on any atom is 0.673 e. The van der Waals surface area contributed by atoms with Crippen molar-refractivity contribution >= 4 is 36.4 Å². The number of benzene rings is 3. The lowest BCUT2D eigenvalue weighted by Crippen LogP contribution is -3.00. The number of nitrogens with zero attached hydrogens (tertiary/aromatic N) is 2. The van der Waals surface area contributed by atoms with Gasteiger partial charge in [-0.05, 0) is 85.6 Å². The van der Waals surface area contributed by atoms with Gasteiger partial charge in [-0.3, -0.25) is 0 Å². The summed E-state index contributed by atoms with van der Waals surface area (Å²) in [5.41, 5.74) is 2.26. The van der Waals surface area contributed by atoms with Gasteiger partial charge in [-0.15, -0.1) is 0 Å². The van der Waals surface area contributed by atoms with E-state index in [1.54, 1.807) is 12.1 Å². The molecule has 0 bridgehead atoms. The minimum Gasteiger partial charge on any atom is -0.638 e. The molecule has 0 N–H and O–H groups in total. The summed E-state index contributed by atoms with van der Waals surface area (Å²) >= 11 is 11.2. The van der Waals surface area contributed by atoms with Crippen molar-refractivity contribution in [1.82, 2.24) is 0 Å². The average Bonchev–Trinajstić information content (AvgIpc) is 2.97. The number of fused-ring (bicyclic) bond motifs is 3. The highest BCUT2D eigenvalue weighted by atomic mass is 35.5. The van der Waals surface area contributed by atoms with Crippen molar-refractivity contribution in [3.63, 3.8) is 0 Å². The van der Waals surface area contributed by atoms with E-state index in [-0.39, 0.29) is 0 Å². The van der Waals surface area contributed by atoms with Crippen LogP contribution in [0.25, 0.3) is 0 Å². The standard InChI is InChI=1S/C24H22B2N2O4.C6H4Cl2/c1-19-11-15-27(16-12-19)25-26(28-17-13-20(2)14-18-28,31-23-9-5-3-7-21(23)29-25)32-24-10-6-4-8-22(24)30-25;7-5-3-1-2-4-6(5)8/h3-18H,1-2H3;1-4H. The molecule has 2 aliphatic heterocycles. The summed E-state index contributed by atoms with van der Waals surface area (Å²) < 4.78 is 30.9. The van der Waals surface area contributed by atoms with Crippen LogP contribution >= 0.6 is 23.2 Å². The van der Waals surface area contributed by atoms with Gasteiger partial charge in [0.1, 0.15) is 47.8 Å². The summed E-state index contributed by atoms with van der Waals surface area (Å²) in [5, 5.41) is 1.21. The molecule has 2 aromatic heterocycles. The molecule has 4 heterocycles. The molecule has 0 unspecified atom stereocenters. The molecular weight excluding hydrogens is 545 g/mol. The molecule has 2 aliphatic rings. The second kappa shape index (κ2) is 10.5. The minimum absolute atomic E-state index is 0.605. The Morgan fingerprint density at radius 1 is 0.450 bits per heavy atom. The number of hydrogen-bond acceptors (Lipinski definition) is 4. The number of pyridine rings is 2. The van der Waals surface area contributed by atoms with Crippen LogP contribution in [0, 0.1) is 13.8 Å². The first-order chi connectivity index (χ1) is 19.4. The minimum atomic E-state index is -2.38. The van der Waals surface area contributed by atoms with E-state index in [9.17, 15) is 0 Å². The van der Waals surface area contributed by atoms with E-state index in [1.807, 2.05) is 133 Å². The van der Waals surface area contributed by atoms with Gasteiger partial charge in [-0.1, -0.05) is 59.6 Å².